The van der Waals surface area contributed by atoms with Gasteiger partial charge in [0.1, 0.15) is 5.60 Å². The number of rotatable bonds is 2. The fourth-order valence-corrected chi connectivity index (χ4v) is 3.18. The van der Waals surface area contributed by atoms with Gasteiger partial charge in [-0.2, -0.15) is 0 Å². The summed E-state index contributed by atoms with van der Waals surface area (Å²) in [5, 5.41) is 0. The molecule has 1 aromatic carbocycles. The van der Waals surface area contributed by atoms with Gasteiger partial charge in [-0.15, -0.1) is 0 Å². The molecule has 0 unspecified atom stereocenters. The molecule has 1 aliphatic heterocycles. The minimum atomic E-state index is -0.410. The highest BCUT2D eigenvalue weighted by atomic mass is 16.6. The highest BCUT2D eigenvalue weighted by molar-refractivity contribution is 5.68. The van der Waals surface area contributed by atoms with Crippen LogP contribution < -0.4 is 0 Å². The molecule has 0 spiro atoms. The Labute approximate surface area is 133 Å². The largest absolute Gasteiger partial charge is 0.444 e. The zero-order valence-electron chi connectivity index (χ0n) is 14.0. The number of likely N-dealkylation sites (tertiary alicyclic amines) is 1. The number of hydrogen-bond acceptors (Lipinski definition) is 2. The highest BCUT2D eigenvalue weighted by Gasteiger charge is 2.28. The summed E-state index contributed by atoms with van der Waals surface area (Å²) in [6.07, 6.45) is 4.60. The Kier molecular flexibility index (Phi) is 4.16. The minimum absolute atomic E-state index is 0.171. The summed E-state index contributed by atoms with van der Waals surface area (Å²) in [6.45, 7) is 7.34. The minimum Gasteiger partial charge on any atom is -0.444 e. The first kappa shape index (κ1) is 15.4. The first-order chi connectivity index (χ1) is 10.4. The average Bonchev–Trinajstić information content (AvgIpc) is 3.30. The number of carbonyl (C=O) groups is 1. The SMILES string of the molecule is CC(C)(C)OC(=O)N1CCC(c2ccc(C3CC3)cc2)CC1. The van der Waals surface area contributed by atoms with Crippen LogP contribution in [0, 0.1) is 0 Å². The van der Waals surface area contributed by atoms with Crippen molar-refractivity contribution in [1.29, 1.82) is 0 Å². The molecule has 1 aromatic rings. The van der Waals surface area contributed by atoms with Gasteiger partial charge < -0.3 is 9.64 Å². The monoisotopic (exact) mass is 301 g/mol. The summed E-state index contributed by atoms with van der Waals surface area (Å²) in [5.74, 6) is 1.40. The van der Waals surface area contributed by atoms with Crippen molar-refractivity contribution in [2.75, 3.05) is 13.1 Å². The van der Waals surface area contributed by atoms with Gasteiger partial charge in [-0.05, 0) is 69.4 Å². The summed E-state index contributed by atoms with van der Waals surface area (Å²) in [6, 6.07) is 9.18. The van der Waals surface area contributed by atoms with E-state index in [-0.39, 0.29) is 6.09 Å². The fraction of sp³-hybridized carbons (Fsp3) is 0.632. The van der Waals surface area contributed by atoms with Gasteiger partial charge in [0.2, 0.25) is 0 Å². The Hall–Kier alpha value is -1.51. The van der Waals surface area contributed by atoms with Crippen LogP contribution in [0.4, 0.5) is 4.79 Å². The van der Waals surface area contributed by atoms with Crippen LogP contribution in [0.15, 0.2) is 24.3 Å². The quantitative estimate of drug-likeness (QED) is 0.794. The third-order valence-corrected chi connectivity index (χ3v) is 4.60. The van der Waals surface area contributed by atoms with Crippen LogP contribution >= 0.6 is 0 Å². The molecule has 1 saturated carbocycles. The Morgan fingerprint density at radius 3 is 1.82 bits per heavy atom. The number of hydrogen-bond donors (Lipinski definition) is 0. The molecule has 2 fully saturated rings. The molecule has 22 heavy (non-hydrogen) atoms. The van der Waals surface area contributed by atoms with E-state index < -0.39 is 5.60 Å². The number of benzene rings is 1. The van der Waals surface area contributed by atoms with Crippen LogP contribution in [0.3, 0.4) is 0 Å². The van der Waals surface area contributed by atoms with Gasteiger partial charge in [-0.3, -0.25) is 0 Å². The fourth-order valence-electron chi connectivity index (χ4n) is 3.18. The maximum absolute atomic E-state index is 12.1. The van der Waals surface area contributed by atoms with E-state index in [2.05, 4.69) is 24.3 Å². The standard InChI is InChI=1S/C19H27NO2/c1-19(2,3)22-18(21)20-12-10-17(11-13-20)16-8-6-15(7-9-16)14-4-5-14/h6-9,14,17H,4-5,10-13H2,1-3H3. The molecule has 0 atom stereocenters. The van der Waals surface area contributed by atoms with E-state index in [1.54, 1.807) is 0 Å². The molecule has 3 nitrogen and oxygen atoms in total. The molecule has 1 saturated heterocycles. The zero-order valence-corrected chi connectivity index (χ0v) is 14.0. The predicted octanol–water partition coefficient (Wildman–Crippen LogP) is 4.68. The molecule has 0 aromatic heterocycles. The number of carbonyl (C=O) groups excluding carboxylic acids is 1. The summed E-state index contributed by atoms with van der Waals surface area (Å²) < 4.78 is 5.45. The van der Waals surface area contributed by atoms with E-state index in [1.807, 2.05) is 25.7 Å². The smallest absolute Gasteiger partial charge is 0.410 e. The van der Waals surface area contributed by atoms with Crippen molar-refractivity contribution < 1.29 is 9.53 Å². The van der Waals surface area contributed by atoms with Crippen molar-refractivity contribution >= 4 is 6.09 Å². The summed E-state index contributed by atoms with van der Waals surface area (Å²) in [4.78, 5) is 13.9. The van der Waals surface area contributed by atoms with Gasteiger partial charge in [-0.25, -0.2) is 4.79 Å². The first-order valence-electron chi connectivity index (χ1n) is 8.50. The van der Waals surface area contributed by atoms with Crippen molar-refractivity contribution in [2.24, 2.45) is 0 Å². The van der Waals surface area contributed by atoms with Crippen LogP contribution in [0.25, 0.3) is 0 Å². The summed E-state index contributed by atoms with van der Waals surface area (Å²) in [7, 11) is 0. The Morgan fingerprint density at radius 1 is 0.955 bits per heavy atom. The lowest BCUT2D eigenvalue weighted by Crippen LogP contribution is -2.41. The molecule has 1 aliphatic carbocycles. The van der Waals surface area contributed by atoms with E-state index in [4.69, 9.17) is 4.74 Å². The van der Waals surface area contributed by atoms with Crippen LogP contribution in [0.2, 0.25) is 0 Å². The van der Waals surface area contributed by atoms with E-state index in [1.165, 1.54) is 24.0 Å². The van der Waals surface area contributed by atoms with Gasteiger partial charge in [0, 0.05) is 13.1 Å². The molecule has 1 amide bonds. The summed E-state index contributed by atoms with van der Waals surface area (Å²) in [5.41, 5.74) is 2.51. The lowest BCUT2D eigenvalue weighted by atomic mass is 9.89. The van der Waals surface area contributed by atoms with Gasteiger partial charge in [0.05, 0.1) is 0 Å². The van der Waals surface area contributed by atoms with Crippen molar-refractivity contribution in [1.82, 2.24) is 4.90 Å². The maximum atomic E-state index is 12.1. The normalized spacial score (nSPS) is 20.0. The second-order valence-electron chi connectivity index (χ2n) is 7.68. The Bertz CT molecular complexity index is 517. The molecular weight excluding hydrogens is 274 g/mol. The topological polar surface area (TPSA) is 29.5 Å². The molecule has 120 valence electrons. The molecule has 0 bridgehead atoms. The molecule has 3 rings (SSSR count). The van der Waals surface area contributed by atoms with Crippen LogP contribution in [0.1, 0.15) is 69.4 Å². The van der Waals surface area contributed by atoms with E-state index in [0.717, 1.165) is 31.8 Å². The third kappa shape index (κ3) is 3.82. The number of piperidine rings is 1. The maximum Gasteiger partial charge on any atom is 0.410 e. The predicted molar refractivity (Wildman–Crippen MR) is 88.2 cm³/mol. The van der Waals surface area contributed by atoms with Crippen molar-refractivity contribution in [3.05, 3.63) is 35.4 Å². The van der Waals surface area contributed by atoms with Crippen molar-refractivity contribution in [3.8, 4) is 0 Å². The molecule has 0 N–H and O–H groups in total. The summed E-state index contributed by atoms with van der Waals surface area (Å²) >= 11 is 0. The van der Waals surface area contributed by atoms with Crippen LogP contribution in [-0.4, -0.2) is 29.7 Å². The Balaban J connectivity index is 1.53. The molecular formula is C19H27NO2. The number of ether oxygens (including phenoxy) is 1. The van der Waals surface area contributed by atoms with E-state index >= 15 is 0 Å². The van der Waals surface area contributed by atoms with Gasteiger partial charge in [-0.1, -0.05) is 24.3 Å². The first-order valence-corrected chi connectivity index (χ1v) is 8.50. The molecule has 3 heteroatoms. The average molecular weight is 301 g/mol. The van der Waals surface area contributed by atoms with Crippen LogP contribution in [0.5, 0.6) is 0 Å². The zero-order chi connectivity index (χ0) is 15.7. The molecule has 1 heterocycles. The van der Waals surface area contributed by atoms with Gasteiger partial charge in [0.25, 0.3) is 0 Å². The lowest BCUT2D eigenvalue weighted by molar-refractivity contribution is 0.0205. The van der Waals surface area contributed by atoms with Gasteiger partial charge >= 0.3 is 6.09 Å². The second-order valence-corrected chi connectivity index (χ2v) is 7.68. The number of amides is 1. The number of nitrogens with zero attached hydrogens (tertiary/aromatic N) is 1. The third-order valence-electron chi connectivity index (χ3n) is 4.60. The van der Waals surface area contributed by atoms with Gasteiger partial charge in [0.15, 0.2) is 0 Å². The molecule has 2 aliphatic rings. The second kappa shape index (κ2) is 5.94. The molecule has 0 radical (unpaired) electrons. The van der Waals surface area contributed by atoms with Crippen LogP contribution in [-0.2, 0) is 4.74 Å². The highest BCUT2D eigenvalue weighted by Crippen LogP contribution is 2.40. The van der Waals surface area contributed by atoms with Crippen molar-refractivity contribution in [3.63, 3.8) is 0 Å². The van der Waals surface area contributed by atoms with Crippen molar-refractivity contribution in [2.45, 2.75) is 63.9 Å². The Morgan fingerprint density at radius 2 is 1.41 bits per heavy atom. The lowest BCUT2D eigenvalue weighted by Gasteiger charge is -2.33. The van der Waals surface area contributed by atoms with E-state index in [0.29, 0.717) is 5.92 Å². The van der Waals surface area contributed by atoms with E-state index in [9.17, 15) is 4.79 Å².